The molecule has 2 aromatic heterocycles. The Labute approximate surface area is 133 Å². The molecule has 0 aliphatic carbocycles. The van der Waals surface area contributed by atoms with Crippen molar-refractivity contribution in [1.82, 2.24) is 15.0 Å². The van der Waals surface area contributed by atoms with Crippen LogP contribution >= 0.6 is 0 Å². The van der Waals surface area contributed by atoms with Crippen molar-refractivity contribution in [2.45, 2.75) is 18.9 Å². The smallest absolute Gasteiger partial charge is 0.137 e. The molecule has 8 nitrogen and oxygen atoms in total. The molecule has 1 saturated heterocycles. The van der Waals surface area contributed by atoms with Crippen LogP contribution in [0.2, 0.25) is 0 Å². The standard InChI is InChI=1S/C15H19N7O/c16-6-10-7-18-13(4-12(10)17)21-14-5-15(20-9-19-14)22-3-1-2-11(23)8-22/h4-7,9,11,16,23H,1-3,8H2,(H3,17,18,19,20,21)/t11-/m0/s1. The van der Waals surface area contributed by atoms with Crippen molar-refractivity contribution in [3.63, 3.8) is 0 Å². The summed E-state index contributed by atoms with van der Waals surface area (Å²) in [6.07, 6.45) is 5.63. The minimum atomic E-state index is -0.315. The molecule has 0 saturated carbocycles. The Morgan fingerprint density at radius 2 is 2.13 bits per heavy atom. The van der Waals surface area contributed by atoms with Crippen molar-refractivity contribution in [3.05, 3.63) is 30.2 Å². The van der Waals surface area contributed by atoms with Crippen LogP contribution in [0.15, 0.2) is 24.7 Å². The predicted molar refractivity (Wildman–Crippen MR) is 89.3 cm³/mol. The molecule has 0 bridgehead atoms. The lowest BCUT2D eigenvalue weighted by atomic mass is 10.1. The summed E-state index contributed by atoms with van der Waals surface area (Å²) in [4.78, 5) is 14.7. The van der Waals surface area contributed by atoms with Gasteiger partial charge in [0.05, 0.1) is 6.10 Å². The van der Waals surface area contributed by atoms with Gasteiger partial charge in [0.25, 0.3) is 0 Å². The fourth-order valence-electron chi connectivity index (χ4n) is 2.55. The summed E-state index contributed by atoms with van der Waals surface area (Å²) in [6, 6.07) is 3.48. The third-order valence-electron chi connectivity index (χ3n) is 3.75. The van der Waals surface area contributed by atoms with Crippen LogP contribution in [0.5, 0.6) is 0 Å². The molecule has 1 aliphatic rings. The first-order valence-corrected chi connectivity index (χ1v) is 7.44. The molecule has 3 rings (SSSR count). The molecule has 1 fully saturated rings. The quantitative estimate of drug-likeness (QED) is 0.624. The molecule has 5 N–H and O–H groups in total. The first-order chi connectivity index (χ1) is 11.2. The molecule has 1 atom stereocenters. The molecule has 120 valence electrons. The van der Waals surface area contributed by atoms with Crippen LogP contribution in [0.1, 0.15) is 18.4 Å². The van der Waals surface area contributed by atoms with E-state index in [0.717, 1.165) is 31.4 Å². The minimum absolute atomic E-state index is 0.315. The number of β-amino-alcohol motifs (C(OH)–C–C–N with tert-alkyl or cyclic N) is 1. The SMILES string of the molecule is N=Cc1cnc(Nc2cc(N3CCC[C@H](O)C3)ncn2)cc1N. The number of anilines is 4. The fourth-order valence-corrected chi connectivity index (χ4v) is 2.55. The summed E-state index contributed by atoms with van der Waals surface area (Å²) in [6.45, 7) is 1.45. The number of aliphatic hydroxyl groups excluding tert-OH is 1. The number of piperidine rings is 1. The Morgan fingerprint density at radius 3 is 2.87 bits per heavy atom. The highest BCUT2D eigenvalue weighted by Crippen LogP contribution is 2.22. The van der Waals surface area contributed by atoms with E-state index < -0.39 is 0 Å². The zero-order valence-corrected chi connectivity index (χ0v) is 12.6. The van der Waals surface area contributed by atoms with Crippen LogP contribution in [0.4, 0.5) is 23.1 Å². The van der Waals surface area contributed by atoms with Crippen molar-refractivity contribution in [3.8, 4) is 0 Å². The van der Waals surface area contributed by atoms with Crippen molar-refractivity contribution in [1.29, 1.82) is 5.41 Å². The number of nitrogens with one attached hydrogen (secondary N) is 2. The van der Waals surface area contributed by atoms with Crippen LogP contribution in [-0.4, -0.2) is 45.5 Å². The second kappa shape index (κ2) is 6.57. The molecule has 2 aromatic rings. The van der Waals surface area contributed by atoms with Crippen molar-refractivity contribution in [2.24, 2.45) is 0 Å². The number of hydrogen-bond donors (Lipinski definition) is 4. The van der Waals surface area contributed by atoms with E-state index in [1.54, 1.807) is 6.07 Å². The number of nitrogens with two attached hydrogens (primary N) is 1. The van der Waals surface area contributed by atoms with Crippen LogP contribution in [-0.2, 0) is 0 Å². The number of aromatic nitrogens is 3. The van der Waals surface area contributed by atoms with Gasteiger partial charge in [-0.15, -0.1) is 0 Å². The van der Waals surface area contributed by atoms with Crippen LogP contribution in [0, 0.1) is 5.41 Å². The van der Waals surface area contributed by atoms with Gasteiger partial charge in [-0.2, -0.15) is 0 Å². The third-order valence-corrected chi connectivity index (χ3v) is 3.75. The first kappa shape index (κ1) is 15.2. The normalized spacial score (nSPS) is 17.8. The Kier molecular flexibility index (Phi) is 4.33. The molecule has 0 unspecified atom stereocenters. The van der Waals surface area contributed by atoms with Gasteiger partial charge < -0.3 is 26.5 Å². The van der Waals surface area contributed by atoms with Crippen LogP contribution < -0.4 is 16.0 Å². The minimum Gasteiger partial charge on any atom is -0.398 e. The maximum absolute atomic E-state index is 9.78. The predicted octanol–water partition coefficient (Wildman–Crippen LogP) is 1.16. The van der Waals surface area contributed by atoms with Gasteiger partial charge in [-0.25, -0.2) is 15.0 Å². The molecule has 0 radical (unpaired) electrons. The summed E-state index contributed by atoms with van der Waals surface area (Å²) in [5, 5.41) is 20.1. The zero-order valence-electron chi connectivity index (χ0n) is 12.6. The number of nitrogens with zero attached hydrogens (tertiary/aromatic N) is 4. The maximum atomic E-state index is 9.78. The number of hydrogen-bond acceptors (Lipinski definition) is 8. The summed E-state index contributed by atoms with van der Waals surface area (Å²) >= 11 is 0. The van der Waals surface area contributed by atoms with E-state index in [9.17, 15) is 5.11 Å². The van der Waals surface area contributed by atoms with Gasteiger partial charge in [0, 0.05) is 48.9 Å². The second-order valence-electron chi connectivity index (χ2n) is 5.47. The number of nitrogen functional groups attached to an aromatic ring is 1. The number of rotatable bonds is 4. The van der Waals surface area contributed by atoms with Gasteiger partial charge >= 0.3 is 0 Å². The highest BCUT2D eigenvalue weighted by Gasteiger charge is 2.19. The van der Waals surface area contributed by atoms with E-state index in [1.165, 1.54) is 12.5 Å². The average molecular weight is 313 g/mol. The first-order valence-electron chi connectivity index (χ1n) is 7.44. The highest BCUT2D eigenvalue weighted by atomic mass is 16.3. The number of aliphatic hydroxyl groups is 1. The van der Waals surface area contributed by atoms with E-state index in [-0.39, 0.29) is 6.10 Å². The lowest BCUT2D eigenvalue weighted by Gasteiger charge is -2.31. The van der Waals surface area contributed by atoms with Gasteiger partial charge in [-0.1, -0.05) is 0 Å². The fraction of sp³-hybridized carbons (Fsp3) is 0.333. The zero-order chi connectivity index (χ0) is 16.2. The van der Waals surface area contributed by atoms with Crippen LogP contribution in [0.25, 0.3) is 0 Å². The lowest BCUT2D eigenvalue weighted by molar-refractivity contribution is 0.154. The van der Waals surface area contributed by atoms with Gasteiger partial charge in [-0.3, -0.25) is 0 Å². The van der Waals surface area contributed by atoms with Gasteiger partial charge in [0.2, 0.25) is 0 Å². The molecule has 0 aromatic carbocycles. The Hall–Kier alpha value is -2.74. The summed E-state index contributed by atoms with van der Waals surface area (Å²) in [7, 11) is 0. The lowest BCUT2D eigenvalue weighted by Crippen LogP contribution is -2.38. The molecular weight excluding hydrogens is 294 g/mol. The second-order valence-corrected chi connectivity index (χ2v) is 5.47. The van der Waals surface area contributed by atoms with Crippen LogP contribution in [0.3, 0.4) is 0 Å². The molecule has 1 aliphatic heterocycles. The highest BCUT2D eigenvalue weighted by molar-refractivity contribution is 5.85. The van der Waals surface area contributed by atoms with Gasteiger partial charge in [-0.05, 0) is 12.8 Å². The Balaban J connectivity index is 1.77. The molecule has 23 heavy (non-hydrogen) atoms. The molecule has 3 heterocycles. The molecular formula is C15H19N7O. The summed E-state index contributed by atoms with van der Waals surface area (Å²) < 4.78 is 0. The third kappa shape index (κ3) is 3.54. The van der Waals surface area contributed by atoms with Crippen molar-refractivity contribution in [2.75, 3.05) is 29.0 Å². The van der Waals surface area contributed by atoms with E-state index in [1.807, 2.05) is 11.0 Å². The monoisotopic (exact) mass is 313 g/mol. The van der Waals surface area contributed by atoms with Gasteiger partial charge in [0.15, 0.2) is 0 Å². The van der Waals surface area contributed by atoms with Crippen molar-refractivity contribution >= 4 is 29.4 Å². The molecule has 0 spiro atoms. The average Bonchev–Trinajstić information content (AvgIpc) is 2.55. The Morgan fingerprint density at radius 1 is 1.30 bits per heavy atom. The maximum Gasteiger partial charge on any atom is 0.137 e. The molecule has 0 amide bonds. The van der Waals surface area contributed by atoms with E-state index >= 15 is 0 Å². The van der Waals surface area contributed by atoms with E-state index in [2.05, 4.69) is 20.3 Å². The van der Waals surface area contributed by atoms with E-state index in [4.69, 9.17) is 11.1 Å². The Bertz CT molecular complexity index is 706. The summed E-state index contributed by atoms with van der Waals surface area (Å²) in [5.74, 6) is 1.92. The summed E-state index contributed by atoms with van der Waals surface area (Å²) in [5.41, 5.74) is 6.90. The molecule has 8 heteroatoms. The van der Waals surface area contributed by atoms with E-state index in [0.29, 0.717) is 29.4 Å². The largest absolute Gasteiger partial charge is 0.398 e. The topological polar surface area (TPSA) is 124 Å². The van der Waals surface area contributed by atoms with Gasteiger partial charge in [0.1, 0.15) is 23.8 Å². The van der Waals surface area contributed by atoms with Crippen molar-refractivity contribution < 1.29 is 5.11 Å². The number of pyridine rings is 1.